The van der Waals surface area contributed by atoms with Gasteiger partial charge in [0, 0.05) is 0 Å². The van der Waals surface area contributed by atoms with Crippen LogP contribution in [0.2, 0.25) is 0 Å². The molecule has 0 aromatic carbocycles. The van der Waals surface area contributed by atoms with Crippen molar-refractivity contribution >= 4 is 0 Å². The van der Waals surface area contributed by atoms with Gasteiger partial charge in [-0.05, 0) is 11.8 Å². The predicted octanol–water partition coefficient (Wildman–Crippen LogP) is 3.49. The summed E-state index contributed by atoms with van der Waals surface area (Å²) in [6.07, 6.45) is 0. The van der Waals surface area contributed by atoms with Gasteiger partial charge in [-0.1, -0.05) is 47.3 Å². The highest BCUT2D eigenvalue weighted by Gasteiger charge is 2.02. The van der Waals surface area contributed by atoms with E-state index in [9.17, 15) is 0 Å². The van der Waals surface area contributed by atoms with Crippen LogP contribution in [0.1, 0.15) is 35.1 Å². The van der Waals surface area contributed by atoms with E-state index < -0.39 is 0 Å². The van der Waals surface area contributed by atoms with E-state index >= 15 is 0 Å². The summed E-state index contributed by atoms with van der Waals surface area (Å²) in [5.41, 5.74) is 1.35. The molecule has 0 spiro atoms. The van der Waals surface area contributed by atoms with Crippen LogP contribution in [0.5, 0.6) is 0 Å². The molecule has 0 saturated carbocycles. The van der Waals surface area contributed by atoms with Gasteiger partial charge in [0.05, 0.1) is 0 Å². The van der Waals surface area contributed by atoms with Crippen molar-refractivity contribution in [3.05, 3.63) is 12.2 Å². The van der Waals surface area contributed by atoms with Crippen molar-refractivity contribution in [2.45, 2.75) is 35.1 Å². The molecule has 0 bridgehead atoms. The Bertz CT molecular complexity index is 68.0. The van der Waals surface area contributed by atoms with Crippen LogP contribution in [-0.2, 0) is 0 Å². The molecule has 0 amide bonds. The molecule has 0 aliphatic rings. The van der Waals surface area contributed by atoms with Crippen LogP contribution < -0.4 is 0 Å². The molecular weight excluding hydrogens is 108 g/mol. The summed E-state index contributed by atoms with van der Waals surface area (Å²) in [5, 5.41) is 0. The third-order valence-electron chi connectivity index (χ3n) is 1.48. The van der Waals surface area contributed by atoms with Gasteiger partial charge in [-0.15, -0.1) is 0 Å². The molecule has 0 saturated heterocycles. The van der Waals surface area contributed by atoms with Crippen molar-refractivity contribution in [3.63, 3.8) is 0 Å². The molecule has 0 N–H and O–H groups in total. The summed E-state index contributed by atoms with van der Waals surface area (Å²) in [5.74, 6) is 1.30. The van der Waals surface area contributed by atoms with Crippen molar-refractivity contribution in [3.8, 4) is 0 Å². The lowest BCUT2D eigenvalue weighted by Gasteiger charge is -2.11. The second kappa shape index (κ2) is 4.60. The van der Waals surface area contributed by atoms with E-state index in [1.807, 2.05) is 0 Å². The maximum atomic E-state index is 3.95. The molecular formula is C9H20. The van der Waals surface area contributed by atoms with Crippen molar-refractivity contribution < 1.29 is 0 Å². The number of hydrogen-bond donors (Lipinski definition) is 0. The zero-order valence-corrected chi connectivity index (χ0v) is 6.36. The van der Waals surface area contributed by atoms with E-state index in [1.165, 1.54) is 5.57 Å². The molecule has 0 fully saturated rings. The molecule has 0 aromatic heterocycles. The molecule has 0 radical (unpaired) electrons. The van der Waals surface area contributed by atoms with Crippen LogP contribution in [0.15, 0.2) is 12.2 Å². The minimum Gasteiger partial charge on any atom is -0.0993 e. The van der Waals surface area contributed by atoms with Gasteiger partial charge >= 0.3 is 0 Å². The Labute approximate surface area is 60.0 Å². The molecule has 0 atom stereocenters. The van der Waals surface area contributed by atoms with Crippen molar-refractivity contribution in [2.75, 3.05) is 0 Å². The molecule has 0 aromatic rings. The number of rotatable bonds is 2. The van der Waals surface area contributed by atoms with Crippen molar-refractivity contribution in [1.82, 2.24) is 0 Å². The molecule has 0 heteroatoms. The normalized spacial score (nSPS) is 9.56. The van der Waals surface area contributed by atoms with Gasteiger partial charge in [-0.3, -0.25) is 0 Å². The lowest BCUT2D eigenvalue weighted by atomic mass is 9.95. The topological polar surface area (TPSA) is 0 Å². The molecule has 0 heterocycles. The molecule has 56 valence electrons. The summed E-state index contributed by atoms with van der Waals surface area (Å²) in [4.78, 5) is 0. The average molecular weight is 128 g/mol. The average Bonchev–Trinajstić information content (AvgIpc) is 1.64. The fourth-order valence-electron chi connectivity index (χ4n) is 0.667. The van der Waals surface area contributed by atoms with E-state index in [0.717, 1.165) is 0 Å². The van der Waals surface area contributed by atoms with Gasteiger partial charge in [0.1, 0.15) is 0 Å². The van der Waals surface area contributed by atoms with Crippen LogP contribution in [0.25, 0.3) is 0 Å². The zero-order valence-electron chi connectivity index (χ0n) is 6.36. The van der Waals surface area contributed by atoms with Crippen LogP contribution in [0.4, 0.5) is 0 Å². The van der Waals surface area contributed by atoms with Crippen LogP contribution in [0.3, 0.4) is 0 Å². The van der Waals surface area contributed by atoms with Crippen molar-refractivity contribution in [2.24, 2.45) is 11.8 Å². The van der Waals surface area contributed by atoms with Gasteiger partial charge in [-0.25, -0.2) is 0 Å². The molecule has 0 unspecified atom stereocenters. The second-order valence-corrected chi connectivity index (χ2v) is 2.88. The monoisotopic (exact) mass is 128 g/mol. The van der Waals surface area contributed by atoms with E-state index in [-0.39, 0.29) is 7.43 Å². The summed E-state index contributed by atoms with van der Waals surface area (Å²) < 4.78 is 0. The van der Waals surface area contributed by atoms with Crippen LogP contribution in [-0.4, -0.2) is 0 Å². The van der Waals surface area contributed by atoms with E-state index in [0.29, 0.717) is 11.8 Å². The maximum absolute atomic E-state index is 3.95. The van der Waals surface area contributed by atoms with E-state index in [2.05, 4.69) is 34.3 Å². The van der Waals surface area contributed by atoms with Crippen molar-refractivity contribution in [1.29, 1.82) is 0 Å². The number of allylic oxidation sites excluding steroid dienone is 1. The Morgan fingerprint density at radius 1 is 1.00 bits per heavy atom. The maximum Gasteiger partial charge on any atom is -0.0260 e. The van der Waals surface area contributed by atoms with Gasteiger partial charge < -0.3 is 0 Å². The van der Waals surface area contributed by atoms with E-state index in [4.69, 9.17) is 0 Å². The largest absolute Gasteiger partial charge is 0.0993 e. The number of hydrogen-bond acceptors (Lipinski definition) is 0. The van der Waals surface area contributed by atoms with Gasteiger partial charge in [0.15, 0.2) is 0 Å². The lowest BCUT2D eigenvalue weighted by molar-refractivity contribution is 0.630. The predicted molar refractivity (Wildman–Crippen MR) is 45.5 cm³/mol. The van der Waals surface area contributed by atoms with Gasteiger partial charge in [0.25, 0.3) is 0 Å². The molecule has 9 heavy (non-hydrogen) atoms. The Balaban J connectivity index is 0. The Hall–Kier alpha value is -0.260. The first-order valence-corrected chi connectivity index (χ1v) is 3.24. The van der Waals surface area contributed by atoms with Gasteiger partial charge in [0.2, 0.25) is 0 Å². The molecule has 0 aliphatic heterocycles. The fourth-order valence-corrected chi connectivity index (χ4v) is 0.667. The second-order valence-electron chi connectivity index (χ2n) is 2.88. The third kappa shape index (κ3) is 4.26. The minimum absolute atomic E-state index is 0. The minimum atomic E-state index is 0. The van der Waals surface area contributed by atoms with E-state index in [1.54, 1.807) is 0 Å². The standard InChI is InChI=1S/C8H16.CH4/c1-6(2)8(5)7(3)4;/h6-7H,5H2,1-4H3;1H4. The highest BCUT2D eigenvalue weighted by Crippen LogP contribution is 2.15. The Kier molecular flexibility index (Phi) is 5.89. The first-order chi connectivity index (χ1) is 3.55. The SMILES string of the molecule is C.C=C(C(C)C)C(C)C. The Morgan fingerprint density at radius 2 is 1.22 bits per heavy atom. The highest BCUT2D eigenvalue weighted by atomic mass is 14.1. The zero-order chi connectivity index (χ0) is 6.73. The third-order valence-corrected chi connectivity index (χ3v) is 1.48. The first-order valence-electron chi connectivity index (χ1n) is 3.24. The first kappa shape index (κ1) is 11.5. The lowest BCUT2D eigenvalue weighted by Crippen LogP contribution is -1.99. The summed E-state index contributed by atoms with van der Waals surface area (Å²) in [6, 6.07) is 0. The smallest absolute Gasteiger partial charge is 0.0260 e. The highest BCUT2D eigenvalue weighted by molar-refractivity contribution is 4.99. The van der Waals surface area contributed by atoms with Crippen LogP contribution in [0, 0.1) is 11.8 Å². The van der Waals surface area contributed by atoms with Gasteiger partial charge in [-0.2, -0.15) is 0 Å². The quantitative estimate of drug-likeness (QED) is 0.499. The fraction of sp³-hybridized carbons (Fsp3) is 0.778. The molecule has 0 nitrogen and oxygen atoms in total. The molecule has 0 aliphatic carbocycles. The summed E-state index contributed by atoms with van der Waals surface area (Å²) in [7, 11) is 0. The summed E-state index contributed by atoms with van der Waals surface area (Å²) >= 11 is 0. The Morgan fingerprint density at radius 3 is 1.22 bits per heavy atom. The molecule has 0 rings (SSSR count). The summed E-state index contributed by atoms with van der Waals surface area (Å²) in [6.45, 7) is 12.7. The van der Waals surface area contributed by atoms with Crippen LogP contribution >= 0.6 is 0 Å².